The van der Waals surface area contributed by atoms with Crippen LogP contribution in [0.1, 0.15) is 60.8 Å². The fourth-order valence-electron chi connectivity index (χ4n) is 3.63. The highest BCUT2D eigenvalue weighted by Gasteiger charge is 2.25. The van der Waals surface area contributed by atoms with Gasteiger partial charge >= 0.3 is 0 Å². The molecule has 0 radical (unpaired) electrons. The van der Waals surface area contributed by atoms with Crippen molar-refractivity contribution >= 4 is 6.21 Å². The molecule has 3 heteroatoms. The first-order chi connectivity index (χ1) is 10.9. The molecule has 1 aliphatic rings. The van der Waals surface area contributed by atoms with Crippen molar-refractivity contribution in [3.05, 3.63) is 52.3 Å². The minimum atomic E-state index is -0.528. The van der Waals surface area contributed by atoms with Crippen LogP contribution in [0.3, 0.4) is 0 Å². The lowest BCUT2D eigenvalue weighted by atomic mass is 9.76. The van der Waals surface area contributed by atoms with Crippen LogP contribution in [0, 0.1) is 18.2 Å². The van der Waals surface area contributed by atoms with Crippen LogP contribution in [0.25, 0.3) is 11.1 Å². The van der Waals surface area contributed by atoms with E-state index < -0.39 is 5.82 Å². The van der Waals surface area contributed by atoms with Gasteiger partial charge in [0.25, 0.3) is 0 Å². The van der Waals surface area contributed by atoms with E-state index in [-0.39, 0.29) is 16.9 Å². The Balaban J connectivity index is 2.26. The molecule has 2 nitrogen and oxygen atoms in total. The number of fused-ring (bicyclic) bond motifs is 1. The standard InChI is InChI=1S/C20H22FNO/c1-11-4-5-12(2)16-9-17(13(3)8-15(11)16)19-18(23)7-6-14(10-22)20(19)21/h6-12,22-23H,4-5H2,1-3H3. The van der Waals surface area contributed by atoms with Crippen LogP contribution in [0.2, 0.25) is 0 Å². The molecule has 23 heavy (non-hydrogen) atoms. The lowest BCUT2D eigenvalue weighted by Gasteiger charge is -2.29. The topological polar surface area (TPSA) is 44.1 Å². The van der Waals surface area contributed by atoms with Gasteiger partial charge in [-0.15, -0.1) is 0 Å². The van der Waals surface area contributed by atoms with Gasteiger partial charge in [-0.05, 0) is 66.0 Å². The number of phenols is 1. The Morgan fingerprint density at radius 2 is 1.74 bits per heavy atom. The van der Waals surface area contributed by atoms with Crippen LogP contribution in [0.4, 0.5) is 4.39 Å². The molecule has 2 atom stereocenters. The number of hydrogen-bond acceptors (Lipinski definition) is 2. The molecule has 0 bridgehead atoms. The smallest absolute Gasteiger partial charge is 0.143 e. The Morgan fingerprint density at radius 3 is 2.35 bits per heavy atom. The second-order valence-corrected chi connectivity index (χ2v) is 6.68. The number of nitrogens with one attached hydrogen (secondary N) is 1. The van der Waals surface area contributed by atoms with Crippen LogP contribution in [-0.2, 0) is 0 Å². The highest BCUT2D eigenvalue weighted by Crippen LogP contribution is 2.43. The highest BCUT2D eigenvalue weighted by molar-refractivity contribution is 5.84. The maximum absolute atomic E-state index is 14.7. The summed E-state index contributed by atoms with van der Waals surface area (Å²) in [5.41, 5.74) is 4.68. The van der Waals surface area contributed by atoms with Crippen molar-refractivity contribution in [3.8, 4) is 16.9 Å². The summed E-state index contributed by atoms with van der Waals surface area (Å²) in [6.45, 7) is 6.39. The Morgan fingerprint density at radius 1 is 1.13 bits per heavy atom. The molecule has 0 saturated carbocycles. The number of benzene rings is 2. The van der Waals surface area contributed by atoms with E-state index in [1.165, 1.54) is 29.7 Å². The first-order valence-corrected chi connectivity index (χ1v) is 8.10. The van der Waals surface area contributed by atoms with Crippen LogP contribution in [0.15, 0.2) is 24.3 Å². The molecule has 0 amide bonds. The molecule has 2 aromatic rings. The molecule has 0 aromatic heterocycles. The lowest BCUT2D eigenvalue weighted by molar-refractivity contribution is 0.471. The Hall–Kier alpha value is -2.16. The second-order valence-electron chi connectivity index (χ2n) is 6.68. The van der Waals surface area contributed by atoms with Crippen molar-refractivity contribution in [2.75, 3.05) is 0 Å². The minimum absolute atomic E-state index is 0.0762. The summed E-state index contributed by atoms with van der Waals surface area (Å²) in [5, 5.41) is 17.5. The van der Waals surface area contributed by atoms with E-state index in [9.17, 15) is 9.50 Å². The van der Waals surface area contributed by atoms with Crippen molar-refractivity contribution in [1.29, 1.82) is 5.41 Å². The summed E-state index contributed by atoms with van der Waals surface area (Å²) < 4.78 is 14.7. The number of halogens is 1. The van der Waals surface area contributed by atoms with Crippen LogP contribution >= 0.6 is 0 Å². The molecular weight excluding hydrogens is 289 g/mol. The Bertz CT molecular complexity index is 782. The number of aryl methyl sites for hydroxylation is 1. The van der Waals surface area contributed by atoms with E-state index in [4.69, 9.17) is 5.41 Å². The van der Waals surface area contributed by atoms with Gasteiger partial charge in [-0.25, -0.2) is 4.39 Å². The summed E-state index contributed by atoms with van der Waals surface area (Å²) >= 11 is 0. The quantitative estimate of drug-likeness (QED) is 0.706. The zero-order chi connectivity index (χ0) is 16.7. The van der Waals surface area contributed by atoms with E-state index in [0.29, 0.717) is 11.8 Å². The molecule has 0 saturated heterocycles. The van der Waals surface area contributed by atoms with Gasteiger partial charge in [0.15, 0.2) is 0 Å². The predicted octanol–water partition coefficient (Wildman–Crippen LogP) is 5.51. The number of phenolic OH excluding ortho intramolecular Hbond substituents is 1. The van der Waals surface area contributed by atoms with Crippen LogP contribution < -0.4 is 0 Å². The van der Waals surface area contributed by atoms with Crippen molar-refractivity contribution in [3.63, 3.8) is 0 Å². The van der Waals surface area contributed by atoms with Gasteiger partial charge in [-0.1, -0.05) is 26.0 Å². The summed E-state index contributed by atoms with van der Waals surface area (Å²) in [4.78, 5) is 0. The third kappa shape index (κ3) is 2.54. The summed E-state index contributed by atoms with van der Waals surface area (Å²) in [5.74, 6) is 0.351. The molecule has 0 heterocycles. The largest absolute Gasteiger partial charge is 0.507 e. The maximum Gasteiger partial charge on any atom is 0.143 e. The fraction of sp³-hybridized carbons (Fsp3) is 0.350. The third-order valence-corrected chi connectivity index (χ3v) is 5.10. The van der Waals surface area contributed by atoms with E-state index in [0.717, 1.165) is 23.8 Å². The van der Waals surface area contributed by atoms with E-state index in [1.54, 1.807) is 0 Å². The maximum atomic E-state index is 14.7. The molecule has 0 spiro atoms. The molecule has 120 valence electrons. The van der Waals surface area contributed by atoms with Crippen molar-refractivity contribution in [2.45, 2.75) is 45.4 Å². The summed E-state index contributed by atoms with van der Waals surface area (Å²) in [7, 11) is 0. The molecule has 0 fully saturated rings. The van der Waals surface area contributed by atoms with E-state index >= 15 is 0 Å². The molecule has 2 unspecified atom stereocenters. The van der Waals surface area contributed by atoms with Gasteiger partial charge in [0, 0.05) is 11.8 Å². The average Bonchev–Trinajstić information content (AvgIpc) is 2.52. The second kappa shape index (κ2) is 5.80. The fourth-order valence-corrected chi connectivity index (χ4v) is 3.63. The SMILES string of the molecule is Cc1cc2c(cc1-c1c(O)ccc(C=N)c1F)C(C)CCC2C. The van der Waals surface area contributed by atoms with Gasteiger partial charge in [0.2, 0.25) is 0 Å². The first kappa shape index (κ1) is 15.7. The van der Waals surface area contributed by atoms with Gasteiger partial charge < -0.3 is 10.5 Å². The number of hydrogen-bond donors (Lipinski definition) is 2. The highest BCUT2D eigenvalue weighted by atomic mass is 19.1. The molecule has 3 rings (SSSR count). The van der Waals surface area contributed by atoms with E-state index in [2.05, 4.69) is 19.9 Å². The van der Waals surface area contributed by atoms with Gasteiger partial charge in [-0.2, -0.15) is 0 Å². The molecular formula is C20H22FNO. The van der Waals surface area contributed by atoms with Crippen molar-refractivity contribution in [2.24, 2.45) is 0 Å². The minimum Gasteiger partial charge on any atom is -0.507 e. The Labute approximate surface area is 136 Å². The van der Waals surface area contributed by atoms with Crippen LogP contribution in [0.5, 0.6) is 5.75 Å². The number of aromatic hydroxyl groups is 1. The van der Waals surface area contributed by atoms with Gasteiger partial charge in [-0.3, -0.25) is 0 Å². The van der Waals surface area contributed by atoms with Crippen molar-refractivity contribution < 1.29 is 9.50 Å². The monoisotopic (exact) mass is 311 g/mol. The van der Waals surface area contributed by atoms with Crippen molar-refractivity contribution in [1.82, 2.24) is 0 Å². The van der Waals surface area contributed by atoms with E-state index in [1.807, 2.05) is 13.0 Å². The predicted molar refractivity (Wildman–Crippen MR) is 92.2 cm³/mol. The molecule has 2 aromatic carbocycles. The molecule has 2 N–H and O–H groups in total. The third-order valence-electron chi connectivity index (χ3n) is 5.10. The lowest BCUT2D eigenvalue weighted by Crippen LogP contribution is -2.11. The zero-order valence-electron chi connectivity index (χ0n) is 13.8. The normalized spacial score (nSPS) is 20.2. The van der Waals surface area contributed by atoms with Gasteiger partial charge in [0.1, 0.15) is 11.6 Å². The Kier molecular flexibility index (Phi) is 3.97. The first-order valence-electron chi connectivity index (χ1n) is 8.10. The number of rotatable bonds is 2. The molecule has 0 aliphatic heterocycles. The molecule has 1 aliphatic carbocycles. The zero-order valence-corrected chi connectivity index (χ0v) is 13.8. The van der Waals surface area contributed by atoms with Gasteiger partial charge in [0.05, 0.1) is 5.56 Å². The van der Waals surface area contributed by atoms with Crippen LogP contribution in [-0.4, -0.2) is 11.3 Å². The summed E-state index contributed by atoms with van der Waals surface area (Å²) in [6, 6.07) is 7.07. The average molecular weight is 311 g/mol. The summed E-state index contributed by atoms with van der Waals surface area (Å²) in [6.07, 6.45) is 3.29.